The van der Waals surface area contributed by atoms with Gasteiger partial charge in [0.25, 0.3) is 0 Å². The van der Waals surface area contributed by atoms with Gasteiger partial charge in [-0.05, 0) is 31.2 Å². The third kappa shape index (κ3) is 6.04. The number of carbonyl (C=O) groups is 1. The van der Waals surface area contributed by atoms with E-state index in [4.69, 9.17) is 9.15 Å². The maximum Gasteiger partial charge on any atom is 0.242 e. The summed E-state index contributed by atoms with van der Waals surface area (Å²) in [6.45, 7) is 4.93. The minimum absolute atomic E-state index is 0.0868. The minimum Gasteiger partial charge on any atom is -0.490 e. The quantitative estimate of drug-likeness (QED) is 0.566. The van der Waals surface area contributed by atoms with Crippen LogP contribution in [0.2, 0.25) is 0 Å². The number of hydrogen-bond acceptors (Lipinski definition) is 4. The molecule has 3 rings (SSSR count). The van der Waals surface area contributed by atoms with E-state index in [1.807, 2.05) is 43.3 Å². The van der Waals surface area contributed by atoms with E-state index in [-0.39, 0.29) is 18.6 Å². The number of nitrogens with one attached hydrogen (secondary N) is 2. The highest BCUT2D eigenvalue weighted by atomic mass is 16.5. The Kier molecular flexibility index (Phi) is 7.35. The fourth-order valence-corrected chi connectivity index (χ4v) is 3.10. The Labute approximate surface area is 165 Å². The van der Waals surface area contributed by atoms with Crippen LogP contribution in [-0.4, -0.2) is 49.0 Å². The van der Waals surface area contributed by atoms with Gasteiger partial charge in [0.2, 0.25) is 5.91 Å². The maximum absolute atomic E-state index is 12.1. The zero-order chi connectivity index (χ0) is 19.6. The average Bonchev–Trinajstić information content (AvgIpc) is 3.25. The van der Waals surface area contributed by atoms with Gasteiger partial charge >= 0.3 is 0 Å². The summed E-state index contributed by atoms with van der Waals surface area (Å²) in [5.41, 5.74) is 0. The standard InChI is InChI=1S/C21H28N4O3/c1-2-22-21(24-16-20(26)23-15-19-9-6-14-27-19)25-12-10-18(11-13-25)28-17-7-4-3-5-8-17/h3-9,14,18H,2,10-13,15-16H2,1H3,(H,22,24)(H,23,26). The predicted octanol–water partition coefficient (Wildman–Crippen LogP) is 2.40. The summed E-state index contributed by atoms with van der Waals surface area (Å²) in [6.07, 6.45) is 3.64. The lowest BCUT2D eigenvalue weighted by Crippen LogP contribution is -2.47. The molecule has 1 amide bonds. The molecule has 1 aromatic heterocycles. The van der Waals surface area contributed by atoms with Gasteiger partial charge in [-0.1, -0.05) is 18.2 Å². The van der Waals surface area contributed by atoms with E-state index in [1.165, 1.54) is 0 Å². The first-order valence-electron chi connectivity index (χ1n) is 9.78. The number of rotatable bonds is 7. The number of guanidine groups is 1. The number of amides is 1. The molecule has 1 fully saturated rings. The number of furan rings is 1. The molecule has 0 atom stereocenters. The molecule has 0 radical (unpaired) electrons. The zero-order valence-electron chi connectivity index (χ0n) is 16.3. The van der Waals surface area contributed by atoms with E-state index in [0.717, 1.165) is 49.9 Å². The lowest BCUT2D eigenvalue weighted by molar-refractivity contribution is -0.119. The van der Waals surface area contributed by atoms with Crippen LogP contribution < -0.4 is 15.4 Å². The van der Waals surface area contributed by atoms with Gasteiger partial charge < -0.3 is 24.7 Å². The molecule has 1 saturated heterocycles. The molecule has 0 unspecified atom stereocenters. The van der Waals surface area contributed by atoms with Crippen molar-refractivity contribution in [1.29, 1.82) is 0 Å². The summed E-state index contributed by atoms with van der Waals surface area (Å²) in [7, 11) is 0. The van der Waals surface area contributed by atoms with Crippen LogP contribution in [0.15, 0.2) is 58.1 Å². The number of likely N-dealkylation sites (tertiary alicyclic amines) is 1. The van der Waals surface area contributed by atoms with Gasteiger partial charge in [0.15, 0.2) is 5.96 Å². The summed E-state index contributed by atoms with van der Waals surface area (Å²) < 4.78 is 11.3. The number of ether oxygens (including phenoxy) is 1. The topological polar surface area (TPSA) is 79.1 Å². The number of aliphatic imine (C=N–C) groups is 1. The van der Waals surface area contributed by atoms with Crippen LogP contribution in [0.4, 0.5) is 0 Å². The molecule has 150 valence electrons. The van der Waals surface area contributed by atoms with E-state index in [9.17, 15) is 4.79 Å². The van der Waals surface area contributed by atoms with E-state index < -0.39 is 0 Å². The van der Waals surface area contributed by atoms with Gasteiger partial charge in [0.1, 0.15) is 24.2 Å². The third-order valence-electron chi connectivity index (χ3n) is 4.53. The van der Waals surface area contributed by atoms with Crippen LogP contribution in [0.5, 0.6) is 5.75 Å². The van der Waals surface area contributed by atoms with E-state index in [0.29, 0.717) is 6.54 Å². The predicted molar refractivity (Wildman–Crippen MR) is 108 cm³/mol. The van der Waals surface area contributed by atoms with Crippen LogP contribution >= 0.6 is 0 Å². The first-order chi connectivity index (χ1) is 13.7. The van der Waals surface area contributed by atoms with Crippen molar-refractivity contribution < 1.29 is 13.9 Å². The zero-order valence-corrected chi connectivity index (χ0v) is 16.3. The van der Waals surface area contributed by atoms with Crippen LogP contribution in [0.1, 0.15) is 25.5 Å². The lowest BCUT2D eigenvalue weighted by Gasteiger charge is -2.34. The molecule has 2 aromatic rings. The molecule has 0 aliphatic carbocycles. The van der Waals surface area contributed by atoms with Gasteiger partial charge in [-0.3, -0.25) is 4.79 Å². The van der Waals surface area contributed by atoms with Gasteiger partial charge in [0, 0.05) is 32.5 Å². The molecule has 1 aromatic carbocycles. The average molecular weight is 384 g/mol. The van der Waals surface area contributed by atoms with Gasteiger partial charge in [-0.15, -0.1) is 0 Å². The monoisotopic (exact) mass is 384 g/mol. The molecule has 7 heteroatoms. The molecule has 7 nitrogen and oxygen atoms in total. The van der Waals surface area contributed by atoms with Gasteiger partial charge in [-0.2, -0.15) is 0 Å². The van der Waals surface area contributed by atoms with Crippen LogP contribution in [0.3, 0.4) is 0 Å². The molecule has 0 bridgehead atoms. The van der Waals surface area contributed by atoms with Crippen molar-refractivity contribution in [3.8, 4) is 5.75 Å². The molecule has 0 saturated carbocycles. The normalized spacial score (nSPS) is 15.3. The SMILES string of the molecule is CCNC(=NCC(=O)NCc1ccco1)N1CCC(Oc2ccccc2)CC1. The largest absolute Gasteiger partial charge is 0.490 e. The third-order valence-corrected chi connectivity index (χ3v) is 4.53. The Bertz CT molecular complexity index is 738. The number of hydrogen-bond donors (Lipinski definition) is 2. The van der Waals surface area contributed by atoms with Crippen LogP contribution in [0.25, 0.3) is 0 Å². The highest BCUT2D eigenvalue weighted by molar-refractivity contribution is 5.85. The van der Waals surface area contributed by atoms with E-state index in [1.54, 1.807) is 12.3 Å². The van der Waals surface area contributed by atoms with Gasteiger partial charge in [-0.25, -0.2) is 4.99 Å². The van der Waals surface area contributed by atoms with Crippen molar-refractivity contribution in [2.24, 2.45) is 4.99 Å². The van der Waals surface area contributed by atoms with E-state index in [2.05, 4.69) is 20.5 Å². The molecule has 2 N–H and O–H groups in total. The summed E-state index contributed by atoms with van der Waals surface area (Å²) in [4.78, 5) is 18.7. The van der Waals surface area contributed by atoms with Gasteiger partial charge in [0.05, 0.1) is 12.8 Å². The second kappa shape index (κ2) is 10.4. The molecule has 1 aliphatic rings. The fraction of sp³-hybridized carbons (Fsp3) is 0.429. The summed E-state index contributed by atoms with van der Waals surface area (Å²) in [6, 6.07) is 13.6. The Morgan fingerprint density at radius 2 is 1.96 bits per heavy atom. The first-order valence-corrected chi connectivity index (χ1v) is 9.78. The number of carbonyl (C=O) groups excluding carboxylic acids is 1. The molecule has 28 heavy (non-hydrogen) atoms. The second-order valence-corrected chi connectivity index (χ2v) is 6.64. The summed E-state index contributed by atoms with van der Waals surface area (Å²) in [5.74, 6) is 2.28. The van der Waals surface area contributed by atoms with Crippen LogP contribution in [-0.2, 0) is 11.3 Å². The molecule has 0 spiro atoms. The smallest absolute Gasteiger partial charge is 0.242 e. The maximum atomic E-state index is 12.1. The number of benzene rings is 1. The number of nitrogens with zero attached hydrogens (tertiary/aromatic N) is 2. The highest BCUT2D eigenvalue weighted by Gasteiger charge is 2.22. The van der Waals surface area contributed by atoms with Crippen molar-refractivity contribution >= 4 is 11.9 Å². The first kappa shape index (κ1) is 19.8. The minimum atomic E-state index is -0.130. The molecular weight excluding hydrogens is 356 g/mol. The Hall–Kier alpha value is -2.96. The molecule has 2 heterocycles. The number of piperidine rings is 1. The van der Waals surface area contributed by atoms with Crippen molar-refractivity contribution in [2.45, 2.75) is 32.4 Å². The molecular formula is C21H28N4O3. The Morgan fingerprint density at radius 1 is 1.18 bits per heavy atom. The number of para-hydroxylation sites is 1. The summed E-state index contributed by atoms with van der Waals surface area (Å²) >= 11 is 0. The van der Waals surface area contributed by atoms with Crippen molar-refractivity contribution in [2.75, 3.05) is 26.2 Å². The van der Waals surface area contributed by atoms with Crippen molar-refractivity contribution in [3.05, 3.63) is 54.5 Å². The fourth-order valence-electron chi connectivity index (χ4n) is 3.10. The Balaban J connectivity index is 1.46. The lowest BCUT2D eigenvalue weighted by atomic mass is 10.1. The van der Waals surface area contributed by atoms with Crippen LogP contribution in [0, 0.1) is 0 Å². The highest BCUT2D eigenvalue weighted by Crippen LogP contribution is 2.18. The second-order valence-electron chi connectivity index (χ2n) is 6.64. The van der Waals surface area contributed by atoms with Crippen molar-refractivity contribution in [1.82, 2.24) is 15.5 Å². The summed E-state index contributed by atoms with van der Waals surface area (Å²) in [5, 5.41) is 6.09. The van der Waals surface area contributed by atoms with Crippen molar-refractivity contribution in [3.63, 3.8) is 0 Å². The van der Waals surface area contributed by atoms with E-state index >= 15 is 0 Å². The Morgan fingerprint density at radius 3 is 2.64 bits per heavy atom. The molecule has 1 aliphatic heterocycles.